The lowest BCUT2D eigenvalue weighted by molar-refractivity contribution is 1.29. The molecule has 1 aliphatic rings. The molecule has 3 heterocycles. The highest BCUT2D eigenvalue weighted by atomic mass is 32.1. The number of thiophene rings is 2. The Labute approximate surface area is 156 Å². The van der Waals surface area contributed by atoms with E-state index in [9.17, 15) is 0 Å². The fourth-order valence-electron chi connectivity index (χ4n) is 1.76. The van der Waals surface area contributed by atoms with Gasteiger partial charge in [-0.15, -0.1) is 0 Å². The summed E-state index contributed by atoms with van der Waals surface area (Å²) >= 11 is 3.43. The van der Waals surface area contributed by atoms with Gasteiger partial charge in [0.2, 0.25) is 0 Å². The number of fused-ring (bicyclic) bond motifs is 1. The number of hydrogen-bond donors (Lipinski definition) is 0. The molecule has 0 amide bonds. The molecule has 1 aliphatic carbocycles. The molecule has 0 radical (unpaired) electrons. The molecular weight excluding hydrogens is 344 g/mol. The van der Waals surface area contributed by atoms with Gasteiger partial charge in [0.1, 0.15) is 0 Å². The number of aromatic nitrogens is 2. The number of para-hydroxylation sites is 2. The Morgan fingerprint density at radius 3 is 1.32 bits per heavy atom. The number of allylic oxidation sites excluding steroid dienone is 4. The van der Waals surface area contributed by atoms with E-state index in [2.05, 4.69) is 34.3 Å². The zero-order valence-electron chi connectivity index (χ0n) is 13.8. The van der Waals surface area contributed by atoms with E-state index < -0.39 is 0 Å². The van der Waals surface area contributed by atoms with Gasteiger partial charge in [0, 0.05) is 12.4 Å². The van der Waals surface area contributed by atoms with E-state index in [0.29, 0.717) is 0 Å². The summed E-state index contributed by atoms with van der Waals surface area (Å²) in [5.74, 6) is 0. The summed E-state index contributed by atoms with van der Waals surface area (Å²) in [6.45, 7) is 0. The van der Waals surface area contributed by atoms with E-state index in [1.54, 1.807) is 35.1 Å². The predicted octanol–water partition coefficient (Wildman–Crippen LogP) is 6.63. The molecule has 5 rings (SSSR count). The Bertz CT molecular complexity index is 699. The first kappa shape index (κ1) is 18.8. The van der Waals surface area contributed by atoms with Crippen molar-refractivity contribution >= 4 is 33.7 Å². The monoisotopic (exact) mass is 364 g/mol. The fourth-order valence-corrected chi connectivity index (χ4v) is 2.66. The van der Waals surface area contributed by atoms with Crippen LogP contribution in [0.15, 0.2) is 107 Å². The Balaban J connectivity index is 0.000000129. The summed E-state index contributed by atoms with van der Waals surface area (Å²) in [6, 6.07) is 15.9. The first-order valence-electron chi connectivity index (χ1n) is 7.88. The molecule has 0 fully saturated rings. The maximum Gasteiger partial charge on any atom is 0.0886 e. The van der Waals surface area contributed by atoms with Crippen molar-refractivity contribution in [2.24, 2.45) is 0 Å². The third kappa shape index (κ3) is 8.74. The van der Waals surface area contributed by atoms with Gasteiger partial charge in [-0.05, 0) is 40.1 Å². The zero-order chi connectivity index (χ0) is 17.4. The third-order valence-electron chi connectivity index (χ3n) is 2.88. The van der Waals surface area contributed by atoms with Crippen molar-refractivity contribution < 1.29 is 0 Å². The second-order valence-electron chi connectivity index (χ2n) is 4.72. The molecule has 0 bridgehead atoms. The van der Waals surface area contributed by atoms with Crippen LogP contribution < -0.4 is 0 Å². The van der Waals surface area contributed by atoms with Gasteiger partial charge in [-0.1, -0.05) is 60.7 Å². The second-order valence-corrected chi connectivity index (χ2v) is 6.36. The first-order valence-corrected chi connectivity index (χ1v) is 9.77. The molecule has 0 saturated heterocycles. The maximum atomic E-state index is 4.12. The molecule has 0 aliphatic heterocycles. The quantitative estimate of drug-likeness (QED) is 0.350. The smallest absolute Gasteiger partial charge is 0.0886 e. The first-order chi connectivity index (χ1) is 12.5. The fraction of sp³-hybridized carbons (Fsp3) is 0.0476. The van der Waals surface area contributed by atoms with E-state index in [4.69, 9.17) is 0 Å². The molecule has 3 aromatic heterocycles. The van der Waals surface area contributed by atoms with Crippen LogP contribution in [0.25, 0.3) is 11.0 Å². The average molecular weight is 365 g/mol. The molecule has 0 unspecified atom stereocenters. The molecule has 1 aromatic carbocycles. The highest BCUT2D eigenvalue weighted by molar-refractivity contribution is 7.08. The van der Waals surface area contributed by atoms with Crippen LogP contribution in [-0.4, -0.2) is 9.97 Å². The van der Waals surface area contributed by atoms with Crippen molar-refractivity contribution in [1.82, 2.24) is 9.97 Å². The van der Waals surface area contributed by atoms with Crippen molar-refractivity contribution in [2.75, 3.05) is 0 Å². The SMILES string of the molecule is C1=CCC=C1.c1ccc2nccnc2c1.c1ccsc1.c1ccsc1. The summed E-state index contributed by atoms with van der Waals surface area (Å²) in [6.07, 6.45) is 12.9. The van der Waals surface area contributed by atoms with E-state index in [1.807, 2.05) is 70.1 Å². The Kier molecular flexibility index (Phi) is 9.62. The summed E-state index contributed by atoms with van der Waals surface area (Å²) in [5.41, 5.74) is 1.90. The van der Waals surface area contributed by atoms with Crippen LogP contribution in [0, 0.1) is 0 Å². The van der Waals surface area contributed by atoms with Crippen molar-refractivity contribution in [2.45, 2.75) is 6.42 Å². The van der Waals surface area contributed by atoms with Gasteiger partial charge in [-0.3, -0.25) is 9.97 Å². The van der Waals surface area contributed by atoms with Gasteiger partial charge in [0.25, 0.3) is 0 Å². The number of nitrogens with zero attached hydrogens (tertiary/aromatic N) is 2. The van der Waals surface area contributed by atoms with Gasteiger partial charge in [0.05, 0.1) is 11.0 Å². The summed E-state index contributed by atoms with van der Waals surface area (Å²) in [4.78, 5) is 8.24. The van der Waals surface area contributed by atoms with Crippen LogP contribution >= 0.6 is 22.7 Å². The van der Waals surface area contributed by atoms with Crippen LogP contribution in [0.1, 0.15) is 6.42 Å². The Morgan fingerprint density at radius 1 is 0.600 bits per heavy atom. The van der Waals surface area contributed by atoms with Crippen LogP contribution in [0.3, 0.4) is 0 Å². The lowest BCUT2D eigenvalue weighted by Gasteiger charge is -1.90. The largest absolute Gasteiger partial charge is 0.253 e. The maximum absolute atomic E-state index is 4.12. The molecule has 126 valence electrons. The van der Waals surface area contributed by atoms with Gasteiger partial charge in [-0.2, -0.15) is 22.7 Å². The van der Waals surface area contributed by atoms with Crippen LogP contribution in [0.2, 0.25) is 0 Å². The van der Waals surface area contributed by atoms with Crippen molar-refractivity contribution in [3.05, 3.63) is 107 Å². The van der Waals surface area contributed by atoms with E-state index >= 15 is 0 Å². The third-order valence-corrected chi connectivity index (χ3v) is 4.14. The van der Waals surface area contributed by atoms with E-state index in [-0.39, 0.29) is 0 Å². The van der Waals surface area contributed by atoms with Crippen LogP contribution in [0.4, 0.5) is 0 Å². The van der Waals surface area contributed by atoms with Crippen LogP contribution in [-0.2, 0) is 0 Å². The normalized spacial score (nSPS) is 10.7. The van der Waals surface area contributed by atoms with Crippen molar-refractivity contribution in [3.8, 4) is 0 Å². The predicted molar refractivity (Wildman–Crippen MR) is 111 cm³/mol. The molecular formula is C21H20N2S2. The van der Waals surface area contributed by atoms with E-state index in [0.717, 1.165) is 17.5 Å². The Morgan fingerprint density at radius 2 is 1.04 bits per heavy atom. The zero-order valence-corrected chi connectivity index (χ0v) is 15.4. The molecule has 0 atom stereocenters. The molecule has 4 aromatic rings. The topological polar surface area (TPSA) is 25.8 Å². The van der Waals surface area contributed by atoms with Gasteiger partial charge >= 0.3 is 0 Å². The summed E-state index contributed by atoms with van der Waals surface area (Å²) in [7, 11) is 0. The lowest BCUT2D eigenvalue weighted by atomic mass is 10.3. The lowest BCUT2D eigenvalue weighted by Crippen LogP contribution is -1.78. The minimum Gasteiger partial charge on any atom is -0.253 e. The number of benzene rings is 1. The van der Waals surface area contributed by atoms with Gasteiger partial charge < -0.3 is 0 Å². The van der Waals surface area contributed by atoms with Gasteiger partial charge in [0.15, 0.2) is 0 Å². The average Bonchev–Trinajstić information content (AvgIpc) is 3.49. The highest BCUT2D eigenvalue weighted by Crippen LogP contribution is 2.04. The number of hydrogen-bond acceptors (Lipinski definition) is 4. The molecule has 0 N–H and O–H groups in total. The van der Waals surface area contributed by atoms with Crippen molar-refractivity contribution in [3.63, 3.8) is 0 Å². The minimum absolute atomic E-state index is 0.949. The molecule has 0 saturated carbocycles. The second kappa shape index (κ2) is 12.8. The minimum atomic E-state index is 0.949. The molecule has 25 heavy (non-hydrogen) atoms. The van der Waals surface area contributed by atoms with Gasteiger partial charge in [-0.25, -0.2) is 0 Å². The summed E-state index contributed by atoms with van der Waals surface area (Å²) in [5, 5.41) is 8.17. The highest BCUT2D eigenvalue weighted by Gasteiger charge is 1.88. The van der Waals surface area contributed by atoms with Crippen LogP contribution in [0.5, 0.6) is 0 Å². The summed E-state index contributed by atoms with van der Waals surface area (Å²) < 4.78 is 0. The number of rotatable bonds is 0. The molecule has 0 spiro atoms. The molecule has 4 heteroatoms. The molecule has 2 nitrogen and oxygen atoms in total. The standard InChI is InChI=1S/C8H6N2.C5H6.2C4H4S/c1-2-4-8-7(3-1)9-5-6-10-8;3*1-2-4-5-3-1/h1-6H;1-4H,5H2;2*1-4H. The Hall–Kier alpha value is -2.56. The van der Waals surface area contributed by atoms with Crippen molar-refractivity contribution in [1.29, 1.82) is 0 Å². The van der Waals surface area contributed by atoms with E-state index in [1.165, 1.54) is 0 Å².